The summed E-state index contributed by atoms with van der Waals surface area (Å²) >= 11 is 0. The second-order valence-electron chi connectivity index (χ2n) is 5.37. The van der Waals surface area contributed by atoms with E-state index in [0.717, 1.165) is 6.07 Å². The number of methoxy groups -OCH3 is 3. The van der Waals surface area contributed by atoms with Crippen LogP contribution in [0.4, 0.5) is 5.69 Å². The van der Waals surface area contributed by atoms with Gasteiger partial charge in [-0.25, -0.2) is 4.79 Å². The fourth-order valence-corrected chi connectivity index (χ4v) is 2.57. The van der Waals surface area contributed by atoms with Gasteiger partial charge in [0.15, 0.2) is 11.5 Å². The van der Waals surface area contributed by atoms with Gasteiger partial charge in [0.25, 0.3) is 5.91 Å². The highest BCUT2D eigenvalue weighted by atomic mass is 16.5. The summed E-state index contributed by atoms with van der Waals surface area (Å²) in [5.41, 5.74) is 0.355. The number of hydrogen-bond acceptors (Lipinski definition) is 6. The van der Waals surface area contributed by atoms with E-state index >= 15 is 0 Å². The average Bonchev–Trinajstić information content (AvgIpc) is 2.66. The largest absolute Gasteiger partial charge is 0.497 e. The standard InChI is InChI=1S/C19H17NO6/c1-23-12-5-6-13-14(10-18(21)26-16(13)9-12)19(22)20-11-4-7-15(24-2)17(8-11)25-3/h4-10H,1-3H3,(H,20,22). The average molecular weight is 355 g/mol. The molecule has 0 aliphatic heterocycles. The molecule has 2 aromatic carbocycles. The molecule has 0 aliphatic carbocycles. The molecule has 0 aliphatic rings. The van der Waals surface area contributed by atoms with Gasteiger partial charge in [0.1, 0.15) is 11.3 Å². The van der Waals surface area contributed by atoms with Crippen LogP contribution in [0.2, 0.25) is 0 Å². The molecule has 3 rings (SSSR count). The normalized spacial score (nSPS) is 10.4. The second-order valence-corrected chi connectivity index (χ2v) is 5.37. The van der Waals surface area contributed by atoms with E-state index in [4.69, 9.17) is 18.6 Å². The van der Waals surface area contributed by atoms with Gasteiger partial charge in [-0.05, 0) is 24.3 Å². The molecule has 134 valence electrons. The number of benzene rings is 2. The molecule has 3 aromatic rings. The van der Waals surface area contributed by atoms with Gasteiger partial charge in [0.05, 0.1) is 26.9 Å². The van der Waals surface area contributed by atoms with E-state index in [-0.39, 0.29) is 11.1 Å². The molecule has 7 nitrogen and oxygen atoms in total. The van der Waals surface area contributed by atoms with Gasteiger partial charge >= 0.3 is 5.63 Å². The van der Waals surface area contributed by atoms with Crippen molar-refractivity contribution in [3.8, 4) is 17.2 Å². The van der Waals surface area contributed by atoms with Gasteiger partial charge < -0.3 is 23.9 Å². The number of hydrogen-bond donors (Lipinski definition) is 1. The van der Waals surface area contributed by atoms with Gasteiger partial charge in [-0.3, -0.25) is 4.79 Å². The molecule has 0 saturated carbocycles. The molecule has 0 fully saturated rings. The lowest BCUT2D eigenvalue weighted by Gasteiger charge is -2.11. The van der Waals surface area contributed by atoms with Crippen LogP contribution in [0.25, 0.3) is 11.0 Å². The van der Waals surface area contributed by atoms with Crippen molar-refractivity contribution in [3.05, 3.63) is 58.4 Å². The number of anilines is 1. The summed E-state index contributed by atoms with van der Waals surface area (Å²) in [7, 11) is 4.54. The number of rotatable bonds is 5. The first-order chi connectivity index (χ1) is 12.5. The maximum absolute atomic E-state index is 12.7. The summed E-state index contributed by atoms with van der Waals surface area (Å²) in [6.45, 7) is 0. The fourth-order valence-electron chi connectivity index (χ4n) is 2.57. The molecular formula is C19H17NO6. The summed E-state index contributed by atoms with van der Waals surface area (Å²) in [5.74, 6) is 1.11. The third-order valence-corrected chi connectivity index (χ3v) is 3.84. The van der Waals surface area contributed by atoms with Crippen molar-refractivity contribution in [1.29, 1.82) is 0 Å². The Labute approximate surface area is 149 Å². The minimum atomic E-state index is -0.622. The zero-order valence-corrected chi connectivity index (χ0v) is 14.5. The van der Waals surface area contributed by atoms with E-state index in [2.05, 4.69) is 5.32 Å². The molecule has 1 heterocycles. The number of ether oxygens (including phenoxy) is 3. The fraction of sp³-hybridized carbons (Fsp3) is 0.158. The number of amides is 1. The van der Waals surface area contributed by atoms with E-state index < -0.39 is 11.5 Å². The van der Waals surface area contributed by atoms with E-state index in [1.807, 2.05) is 0 Å². The van der Waals surface area contributed by atoms with Gasteiger partial charge in [0, 0.05) is 29.3 Å². The van der Waals surface area contributed by atoms with E-state index in [0.29, 0.717) is 28.3 Å². The van der Waals surface area contributed by atoms with Crippen molar-refractivity contribution in [1.82, 2.24) is 0 Å². The van der Waals surface area contributed by atoms with Crippen LogP contribution in [0.3, 0.4) is 0 Å². The zero-order chi connectivity index (χ0) is 18.7. The van der Waals surface area contributed by atoms with E-state index in [1.54, 1.807) is 36.4 Å². The van der Waals surface area contributed by atoms with Gasteiger partial charge in [-0.15, -0.1) is 0 Å². The second kappa shape index (κ2) is 7.18. The van der Waals surface area contributed by atoms with Crippen molar-refractivity contribution in [2.75, 3.05) is 26.6 Å². The predicted molar refractivity (Wildman–Crippen MR) is 96.5 cm³/mol. The maximum atomic E-state index is 12.7. The molecule has 7 heteroatoms. The number of fused-ring (bicyclic) bond motifs is 1. The Balaban J connectivity index is 1.99. The molecule has 1 amide bonds. The van der Waals surface area contributed by atoms with Crippen LogP contribution in [0.5, 0.6) is 17.2 Å². The number of carbonyl (C=O) groups is 1. The van der Waals surface area contributed by atoms with Crippen LogP contribution in [-0.2, 0) is 0 Å². The monoisotopic (exact) mass is 355 g/mol. The van der Waals surface area contributed by atoms with Crippen LogP contribution >= 0.6 is 0 Å². The lowest BCUT2D eigenvalue weighted by molar-refractivity contribution is 0.102. The first kappa shape index (κ1) is 17.3. The molecule has 1 aromatic heterocycles. The van der Waals surface area contributed by atoms with Crippen LogP contribution in [0.1, 0.15) is 10.4 Å². The third-order valence-electron chi connectivity index (χ3n) is 3.84. The highest BCUT2D eigenvalue weighted by Crippen LogP contribution is 2.30. The summed E-state index contributed by atoms with van der Waals surface area (Å²) in [6.07, 6.45) is 0. The Kier molecular flexibility index (Phi) is 4.79. The van der Waals surface area contributed by atoms with Gasteiger partial charge in [-0.1, -0.05) is 0 Å². The summed E-state index contributed by atoms with van der Waals surface area (Å²) in [6, 6.07) is 11.1. The lowest BCUT2D eigenvalue weighted by Crippen LogP contribution is -2.15. The van der Waals surface area contributed by atoms with Crippen molar-refractivity contribution in [3.63, 3.8) is 0 Å². The molecule has 0 atom stereocenters. The van der Waals surface area contributed by atoms with Gasteiger partial charge in [-0.2, -0.15) is 0 Å². The zero-order valence-electron chi connectivity index (χ0n) is 14.5. The predicted octanol–water partition coefficient (Wildman–Crippen LogP) is 3.07. The Morgan fingerprint density at radius 3 is 2.38 bits per heavy atom. The SMILES string of the molecule is COc1ccc2c(C(=O)Nc3ccc(OC)c(OC)c3)cc(=O)oc2c1. The Morgan fingerprint density at radius 1 is 0.923 bits per heavy atom. The highest BCUT2D eigenvalue weighted by molar-refractivity contribution is 6.12. The van der Waals surface area contributed by atoms with Crippen LogP contribution in [-0.4, -0.2) is 27.2 Å². The Bertz CT molecular complexity index is 1020. The van der Waals surface area contributed by atoms with Crippen molar-refractivity contribution < 1.29 is 23.4 Å². The molecule has 0 bridgehead atoms. The quantitative estimate of drug-likeness (QED) is 0.708. The molecule has 26 heavy (non-hydrogen) atoms. The van der Waals surface area contributed by atoms with Crippen LogP contribution in [0.15, 0.2) is 51.7 Å². The van der Waals surface area contributed by atoms with Crippen LogP contribution in [0, 0.1) is 0 Å². The molecule has 0 radical (unpaired) electrons. The van der Waals surface area contributed by atoms with E-state index in [1.165, 1.54) is 21.3 Å². The first-order valence-electron chi connectivity index (χ1n) is 7.71. The molecule has 0 unspecified atom stereocenters. The van der Waals surface area contributed by atoms with Crippen molar-refractivity contribution in [2.24, 2.45) is 0 Å². The first-order valence-corrected chi connectivity index (χ1v) is 7.71. The third kappa shape index (κ3) is 3.32. The molecule has 1 N–H and O–H groups in total. The summed E-state index contributed by atoms with van der Waals surface area (Å²) < 4.78 is 20.7. The Morgan fingerprint density at radius 2 is 1.69 bits per heavy atom. The number of nitrogens with one attached hydrogen (secondary N) is 1. The highest BCUT2D eigenvalue weighted by Gasteiger charge is 2.15. The molecule has 0 spiro atoms. The van der Waals surface area contributed by atoms with E-state index in [9.17, 15) is 9.59 Å². The van der Waals surface area contributed by atoms with Gasteiger partial charge in [0.2, 0.25) is 0 Å². The minimum Gasteiger partial charge on any atom is -0.497 e. The van der Waals surface area contributed by atoms with Crippen LogP contribution < -0.4 is 25.2 Å². The molecular weight excluding hydrogens is 338 g/mol. The smallest absolute Gasteiger partial charge is 0.337 e. The number of carbonyl (C=O) groups excluding carboxylic acids is 1. The van der Waals surface area contributed by atoms with Crippen molar-refractivity contribution >= 4 is 22.6 Å². The topological polar surface area (TPSA) is 87.0 Å². The summed E-state index contributed by atoms with van der Waals surface area (Å²) in [4.78, 5) is 24.5. The molecule has 0 saturated heterocycles. The maximum Gasteiger partial charge on any atom is 0.337 e. The minimum absolute atomic E-state index is 0.202. The summed E-state index contributed by atoms with van der Waals surface area (Å²) in [5, 5.41) is 3.25. The lowest BCUT2D eigenvalue weighted by atomic mass is 10.1. The van der Waals surface area contributed by atoms with Crippen molar-refractivity contribution in [2.45, 2.75) is 0 Å². The Hall–Kier alpha value is -3.48.